The van der Waals surface area contributed by atoms with Crippen LogP contribution in [0.4, 0.5) is 5.69 Å². The van der Waals surface area contributed by atoms with Gasteiger partial charge in [-0.2, -0.15) is 0 Å². The summed E-state index contributed by atoms with van der Waals surface area (Å²) in [6.07, 6.45) is 1.95. The molecule has 0 aliphatic carbocycles. The van der Waals surface area contributed by atoms with Crippen molar-refractivity contribution in [3.8, 4) is 0 Å². The minimum Gasteiger partial charge on any atom is -0.399 e. The highest BCUT2D eigenvalue weighted by Crippen LogP contribution is 2.17. The fourth-order valence-corrected chi connectivity index (χ4v) is 1.57. The van der Waals surface area contributed by atoms with Crippen LogP contribution in [0.2, 0.25) is 0 Å². The quantitative estimate of drug-likeness (QED) is 0.621. The average Bonchev–Trinajstić information content (AvgIpc) is 2.19. The number of benzene rings is 1. The van der Waals surface area contributed by atoms with Gasteiger partial charge < -0.3 is 5.73 Å². The summed E-state index contributed by atoms with van der Waals surface area (Å²) in [5, 5.41) is 0. The van der Waals surface area contributed by atoms with Gasteiger partial charge in [-0.05, 0) is 38.5 Å². The fraction of sp³-hybridized carbons (Fsp3) is 0.429. The summed E-state index contributed by atoms with van der Waals surface area (Å²) < 4.78 is 0. The molecule has 2 nitrogen and oxygen atoms in total. The molecule has 0 heterocycles. The van der Waals surface area contributed by atoms with E-state index in [4.69, 9.17) is 5.73 Å². The first-order valence-corrected chi connectivity index (χ1v) is 5.64. The van der Waals surface area contributed by atoms with E-state index in [2.05, 4.69) is 44.4 Å². The molecule has 0 amide bonds. The van der Waals surface area contributed by atoms with Crippen LogP contribution in [-0.2, 0) is 6.54 Å². The van der Waals surface area contributed by atoms with Gasteiger partial charge in [0.15, 0.2) is 0 Å². The van der Waals surface area contributed by atoms with Gasteiger partial charge in [-0.1, -0.05) is 18.2 Å². The van der Waals surface area contributed by atoms with Gasteiger partial charge in [-0.15, -0.1) is 6.58 Å². The van der Waals surface area contributed by atoms with Gasteiger partial charge in [0.1, 0.15) is 0 Å². The van der Waals surface area contributed by atoms with Crippen LogP contribution in [0.5, 0.6) is 0 Å². The Kier molecular flexibility index (Phi) is 4.13. The van der Waals surface area contributed by atoms with Crippen molar-refractivity contribution in [2.75, 3.05) is 12.3 Å². The molecule has 0 atom stereocenters. The zero-order valence-corrected chi connectivity index (χ0v) is 10.5. The van der Waals surface area contributed by atoms with Crippen molar-refractivity contribution in [1.82, 2.24) is 4.90 Å². The van der Waals surface area contributed by atoms with Gasteiger partial charge in [-0.3, -0.25) is 4.90 Å². The molecule has 0 saturated heterocycles. The molecule has 1 aromatic rings. The lowest BCUT2D eigenvalue weighted by atomic mass is 10.0. The Balaban J connectivity index is 2.75. The van der Waals surface area contributed by atoms with Gasteiger partial charge in [0.05, 0.1) is 0 Å². The first-order chi connectivity index (χ1) is 7.43. The van der Waals surface area contributed by atoms with Crippen LogP contribution in [0.3, 0.4) is 0 Å². The van der Waals surface area contributed by atoms with Crippen molar-refractivity contribution in [3.05, 3.63) is 42.5 Å². The Bertz CT molecular complexity index is 333. The standard InChI is InChI=1S/C14H22N2/c1-5-10-16(14(2,3)4)11-12-6-8-13(15)9-7-12/h5-9H,1,10-11,15H2,2-4H3. The summed E-state index contributed by atoms with van der Waals surface area (Å²) in [6.45, 7) is 12.3. The van der Waals surface area contributed by atoms with Gasteiger partial charge in [-0.25, -0.2) is 0 Å². The Labute approximate surface area is 98.8 Å². The number of nitrogens with two attached hydrogens (primary N) is 1. The number of hydrogen-bond acceptors (Lipinski definition) is 2. The normalized spacial score (nSPS) is 11.8. The lowest BCUT2D eigenvalue weighted by molar-refractivity contribution is 0.145. The van der Waals surface area contributed by atoms with E-state index in [0.717, 1.165) is 18.8 Å². The molecule has 0 aromatic heterocycles. The van der Waals surface area contributed by atoms with Gasteiger partial charge in [0.2, 0.25) is 0 Å². The van der Waals surface area contributed by atoms with Crippen molar-refractivity contribution < 1.29 is 0 Å². The molecule has 2 heteroatoms. The van der Waals surface area contributed by atoms with Crippen molar-refractivity contribution in [3.63, 3.8) is 0 Å². The van der Waals surface area contributed by atoms with E-state index in [9.17, 15) is 0 Å². The zero-order valence-electron chi connectivity index (χ0n) is 10.5. The van der Waals surface area contributed by atoms with Crippen molar-refractivity contribution in [2.45, 2.75) is 32.9 Å². The number of rotatable bonds is 4. The molecule has 0 unspecified atom stereocenters. The third-order valence-corrected chi connectivity index (χ3v) is 2.65. The number of nitrogen functional groups attached to an aromatic ring is 1. The van der Waals surface area contributed by atoms with Crippen LogP contribution < -0.4 is 5.73 Å². The van der Waals surface area contributed by atoms with Crippen LogP contribution in [0.25, 0.3) is 0 Å². The van der Waals surface area contributed by atoms with Crippen LogP contribution in [0.15, 0.2) is 36.9 Å². The summed E-state index contributed by atoms with van der Waals surface area (Å²) in [6, 6.07) is 8.06. The highest BCUT2D eigenvalue weighted by atomic mass is 15.2. The van der Waals surface area contributed by atoms with Crippen LogP contribution >= 0.6 is 0 Å². The second-order valence-corrected chi connectivity index (χ2v) is 5.08. The average molecular weight is 218 g/mol. The van der Waals surface area contributed by atoms with Gasteiger partial charge in [0, 0.05) is 24.3 Å². The van der Waals surface area contributed by atoms with Crippen LogP contribution in [0.1, 0.15) is 26.3 Å². The SMILES string of the molecule is C=CCN(Cc1ccc(N)cc1)C(C)(C)C. The highest BCUT2D eigenvalue weighted by molar-refractivity contribution is 5.39. The van der Waals surface area contributed by atoms with Crippen molar-refractivity contribution >= 4 is 5.69 Å². The molecule has 0 radical (unpaired) electrons. The monoisotopic (exact) mass is 218 g/mol. The summed E-state index contributed by atoms with van der Waals surface area (Å²) in [7, 11) is 0. The predicted molar refractivity (Wildman–Crippen MR) is 71.2 cm³/mol. The predicted octanol–water partition coefficient (Wildman–Crippen LogP) is 3.06. The molecular formula is C14H22N2. The largest absolute Gasteiger partial charge is 0.399 e. The molecule has 2 N–H and O–H groups in total. The molecule has 88 valence electrons. The molecule has 0 spiro atoms. The molecule has 0 bridgehead atoms. The Morgan fingerprint density at radius 3 is 2.25 bits per heavy atom. The highest BCUT2D eigenvalue weighted by Gasteiger charge is 2.19. The van der Waals surface area contributed by atoms with E-state index < -0.39 is 0 Å². The van der Waals surface area contributed by atoms with Crippen LogP contribution in [0, 0.1) is 0 Å². The van der Waals surface area contributed by atoms with Crippen LogP contribution in [-0.4, -0.2) is 17.0 Å². The topological polar surface area (TPSA) is 29.3 Å². The molecule has 1 aromatic carbocycles. The van der Waals surface area contributed by atoms with Gasteiger partial charge >= 0.3 is 0 Å². The summed E-state index contributed by atoms with van der Waals surface area (Å²) in [5.41, 5.74) is 7.92. The van der Waals surface area contributed by atoms with Gasteiger partial charge in [0.25, 0.3) is 0 Å². The van der Waals surface area contributed by atoms with E-state index in [1.165, 1.54) is 5.56 Å². The Morgan fingerprint density at radius 2 is 1.81 bits per heavy atom. The summed E-state index contributed by atoms with van der Waals surface area (Å²) in [4.78, 5) is 2.38. The second-order valence-electron chi connectivity index (χ2n) is 5.08. The molecule has 0 fully saturated rings. The molecule has 0 aliphatic rings. The summed E-state index contributed by atoms with van der Waals surface area (Å²) in [5.74, 6) is 0. The van der Waals surface area contributed by atoms with E-state index >= 15 is 0 Å². The smallest absolute Gasteiger partial charge is 0.0314 e. The maximum atomic E-state index is 5.67. The third kappa shape index (κ3) is 3.70. The lowest BCUT2D eigenvalue weighted by Gasteiger charge is -2.34. The Hall–Kier alpha value is -1.28. The molecule has 16 heavy (non-hydrogen) atoms. The van der Waals surface area contributed by atoms with Crippen molar-refractivity contribution in [2.24, 2.45) is 0 Å². The van der Waals surface area contributed by atoms with E-state index in [-0.39, 0.29) is 5.54 Å². The maximum Gasteiger partial charge on any atom is 0.0314 e. The number of nitrogens with zero attached hydrogens (tertiary/aromatic N) is 1. The minimum absolute atomic E-state index is 0.148. The maximum absolute atomic E-state index is 5.67. The summed E-state index contributed by atoms with van der Waals surface area (Å²) >= 11 is 0. The van der Waals surface area contributed by atoms with E-state index in [0.29, 0.717) is 0 Å². The first-order valence-electron chi connectivity index (χ1n) is 5.64. The molecule has 0 aliphatic heterocycles. The number of anilines is 1. The minimum atomic E-state index is 0.148. The fourth-order valence-electron chi connectivity index (χ4n) is 1.57. The molecule has 1 rings (SSSR count). The van der Waals surface area contributed by atoms with Crippen molar-refractivity contribution in [1.29, 1.82) is 0 Å². The zero-order chi connectivity index (χ0) is 12.2. The first kappa shape index (κ1) is 12.8. The van der Waals surface area contributed by atoms with E-state index in [1.807, 2.05) is 18.2 Å². The third-order valence-electron chi connectivity index (χ3n) is 2.65. The second kappa shape index (κ2) is 5.17. The number of hydrogen-bond donors (Lipinski definition) is 1. The molecular weight excluding hydrogens is 196 g/mol. The van der Waals surface area contributed by atoms with E-state index in [1.54, 1.807) is 0 Å². The Morgan fingerprint density at radius 1 is 1.25 bits per heavy atom. The lowest BCUT2D eigenvalue weighted by Crippen LogP contribution is -2.40. The molecule has 0 saturated carbocycles.